The molecule has 4 rings (SSSR count). The molecular weight excluding hydrogens is 364 g/mol. The van der Waals surface area contributed by atoms with Crippen molar-refractivity contribution in [3.05, 3.63) is 71.4 Å². The molecule has 5 nitrogen and oxygen atoms in total. The van der Waals surface area contributed by atoms with Crippen LogP contribution in [0.1, 0.15) is 47.3 Å². The van der Waals surface area contributed by atoms with Crippen LogP contribution < -0.4 is 10.1 Å². The summed E-state index contributed by atoms with van der Waals surface area (Å²) in [5.74, 6) is 0.595. The van der Waals surface area contributed by atoms with E-state index in [2.05, 4.69) is 10.3 Å². The Balaban J connectivity index is 1.63. The maximum atomic E-state index is 12.9. The standard InChI is InChI=1S/C24H26N2O3/c1-29-18-12-10-16(11-13-18)14-17-15-22(25-20-7-3-2-6-19(17)20)24(28)26-21-8-4-5-9-23(21)27/h2-3,6-7,10-13,15,21,23,27H,4-5,8-9,14H2,1H3,(H,26,28). The van der Waals surface area contributed by atoms with Gasteiger partial charge in [0, 0.05) is 5.39 Å². The first kappa shape index (κ1) is 19.4. The lowest BCUT2D eigenvalue weighted by Gasteiger charge is -2.28. The highest BCUT2D eigenvalue weighted by atomic mass is 16.5. The van der Waals surface area contributed by atoms with Crippen LogP contribution in [0.4, 0.5) is 0 Å². The zero-order valence-corrected chi connectivity index (χ0v) is 16.6. The molecular formula is C24H26N2O3. The summed E-state index contributed by atoms with van der Waals surface area (Å²) in [6, 6.07) is 17.5. The molecule has 1 aromatic heterocycles. The molecule has 0 saturated heterocycles. The van der Waals surface area contributed by atoms with Crippen molar-refractivity contribution in [3.63, 3.8) is 0 Å². The molecule has 0 spiro atoms. The van der Waals surface area contributed by atoms with Crippen molar-refractivity contribution in [3.8, 4) is 5.75 Å². The van der Waals surface area contributed by atoms with Gasteiger partial charge in [0.05, 0.1) is 24.8 Å². The number of nitrogens with zero attached hydrogens (tertiary/aromatic N) is 1. The van der Waals surface area contributed by atoms with Crippen molar-refractivity contribution in [1.82, 2.24) is 10.3 Å². The summed E-state index contributed by atoms with van der Waals surface area (Å²) < 4.78 is 5.24. The summed E-state index contributed by atoms with van der Waals surface area (Å²) in [6.45, 7) is 0. The number of aliphatic hydroxyl groups excluding tert-OH is 1. The molecule has 1 fully saturated rings. The van der Waals surface area contributed by atoms with Crippen molar-refractivity contribution in [2.24, 2.45) is 0 Å². The van der Waals surface area contributed by atoms with Gasteiger partial charge in [-0.25, -0.2) is 4.98 Å². The highest BCUT2D eigenvalue weighted by Crippen LogP contribution is 2.23. The minimum Gasteiger partial charge on any atom is -0.497 e. The predicted molar refractivity (Wildman–Crippen MR) is 113 cm³/mol. The number of methoxy groups -OCH3 is 1. The number of fused-ring (bicyclic) bond motifs is 1. The summed E-state index contributed by atoms with van der Waals surface area (Å²) >= 11 is 0. The predicted octanol–water partition coefficient (Wildman–Crippen LogP) is 3.87. The van der Waals surface area contributed by atoms with E-state index in [0.717, 1.165) is 53.5 Å². The molecule has 0 bridgehead atoms. The molecule has 1 saturated carbocycles. The third-order valence-electron chi connectivity index (χ3n) is 5.63. The van der Waals surface area contributed by atoms with E-state index >= 15 is 0 Å². The quantitative estimate of drug-likeness (QED) is 0.694. The first-order valence-corrected chi connectivity index (χ1v) is 10.1. The van der Waals surface area contributed by atoms with E-state index in [4.69, 9.17) is 4.74 Å². The highest BCUT2D eigenvalue weighted by Gasteiger charge is 2.25. The fraction of sp³-hybridized carbons (Fsp3) is 0.333. The van der Waals surface area contributed by atoms with Crippen molar-refractivity contribution in [1.29, 1.82) is 0 Å². The number of rotatable bonds is 5. The Hall–Kier alpha value is -2.92. The van der Waals surface area contributed by atoms with E-state index < -0.39 is 6.10 Å². The van der Waals surface area contributed by atoms with Crippen LogP contribution in [0.5, 0.6) is 5.75 Å². The maximum absolute atomic E-state index is 12.9. The van der Waals surface area contributed by atoms with Gasteiger partial charge in [-0.05, 0) is 54.7 Å². The molecule has 2 atom stereocenters. The van der Waals surface area contributed by atoms with Crippen LogP contribution in [0, 0.1) is 0 Å². The topological polar surface area (TPSA) is 71.5 Å². The van der Waals surface area contributed by atoms with Crippen LogP contribution in [-0.4, -0.2) is 35.3 Å². The van der Waals surface area contributed by atoms with Gasteiger partial charge in [-0.2, -0.15) is 0 Å². The zero-order chi connectivity index (χ0) is 20.2. The molecule has 150 valence electrons. The van der Waals surface area contributed by atoms with Crippen molar-refractivity contribution >= 4 is 16.8 Å². The summed E-state index contributed by atoms with van der Waals surface area (Å²) in [7, 11) is 1.65. The summed E-state index contributed by atoms with van der Waals surface area (Å²) in [6.07, 6.45) is 3.79. The second kappa shape index (κ2) is 8.62. The van der Waals surface area contributed by atoms with Gasteiger partial charge in [0.2, 0.25) is 0 Å². The number of nitrogens with one attached hydrogen (secondary N) is 1. The van der Waals surface area contributed by atoms with Gasteiger partial charge in [0.1, 0.15) is 11.4 Å². The average Bonchev–Trinajstić information content (AvgIpc) is 2.76. The first-order chi connectivity index (χ1) is 14.1. The third kappa shape index (κ3) is 4.40. The minimum atomic E-state index is -0.480. The summed E-state index contributed by atoms with van der Waals surface area (Å²) in [5.41, 5.74) is 3.38. The molecule has 1 aliphatic carbocycles. The maximum Gasteiger partial charge on any atom is 0.270 e. The lowest BCUT2D eigenvalue weighted by Crippen LogP contribution is -2.45. The van der Waals surface area contributed by atoms with Gasteiger partial charge in [-0.15, -0.1) is 0 Å². The number of benzene rings is 2. The number of aliphatic hydroxyl groups is 1. The Kier molecular flexibility index (Phi) is 5.76. The van der Waals surface area contributed by atoms with Gasteiger partial charge in [-0.3, -0.25) is 4.79 Å². The number of hydrogen-bond acceptors (Lipinski definition) is 4. The molecule has 3 aromatic rings. The molecule has 29 heavy (non-hydrogen) atoms. The molecule has 5 heteroatoms. The van der Waals surface area contributed by atoms with Gasteiger partial charge >= 0.3 is 0 Å². The number of para-hydroxylation sites is 1. The molecule has 1 aliphatic rings. The fourth-order valence-electron chi connectivity index (χ4n) is 4.00. The molecule has 0 radical (unpaired) electrons. The van der Waals surface area contributed by atoms with Gasteiger partial charge < -0.3 is 15.2 Å². The monoisotopic (exact) mass is 390 g/mol. The summed E-state index contributed by atoms with van der Waals surface area (Å²) in [5, 5.41) is 14.2. The van der Waals surface area contributed by atoms with Crippen molar-refractivity contribution in [2.75, 3.05) is 7.11 Å². The number of ether oxygens (including phenoxy) is 1. The van der Waals surface area contributed by atoms with Crippen LogP contribution in [0.15, 0.2) is 54.6 Å². The largest absolute Gasteiger partial charge is 0.497 e. The Morgan fingerprint density at radius 2 is 1.90 bits per heavy atom. The van der Waals surface area contributed by atoms with Gasteiger partial charge in [0.15, 0.2) is 0 Å². The SMILES string of the molecule is COc1ccc(Cc2cc(C(=O)NC3CCCCC3O)nc3ccccc23)cc1. The molecule has 2 N–H and O–H groups in total. The molecule has 1 heterocycles. The minimum absolute atomic E-state index is 0.199. The van der Waals surface area contributed by atoms with E-state index in [-0.39, 0.29) is 11.9 Å². The molecule has 1 amide bonds. The highest BCUT2D eigenvalue weighted by molar-refractivity contribution is 5.96. The van der Waals surface area contributed by atoms with E-state index in [1.807, 2.05) is 54.6 Å². The fourth-order valence-corrected chi connectivity index (χ4v) is 4.00. The third-order valence-corrected chi connectivity index (χ3v) is 5.63. The average molecular weight is 390 g/mol. The number of carbonyl (C=O) groups excluding carboxylic acids is 1. The Bertz CT molecular complexity index is 1000. The number of aromatic nitrogens is 1. The van der Waals surface area contributed by atoms with Crippen LogP contribution in [0.3, 0.4) is 0 Å². The molecule has 2 aromatic carbocycles. The van der Waals surface area contributed by atoms with Crippen LogP contribution in [0.25, 0.3) is 10.9 Å². The summed E-state index contributed by atoms with van der Waals surface area (Å²) in [4.78, 5) is 17.5. The molecule has 2 unspecified atom stereocenters. The lowest BCUT2D eigenvalue weighted by atomic mass is 9.92. The van der Waals surface area contributed by atoms with E-state index in [0.29, 0.717) is 12.1 Å². The van der Waals surface area contributed by atoms with Crippen LogP contribution >= 0.6 is 0 Å². The Labute approximate surface area is 170 Å². The lowest BCUT2D eigenvalue weighted by molar-refractivity contribution is 0.0714. The normalized spacial score (nSPS) is 19.1. The second-order valence-electron chi connectivity index (χ2n) is 7.64. The van der Waals surface area contributed by atoms with Crippen molar-refractivity contribution < 1.29 is 14.6 Å². The van der Waals surface area contributed by atoms with Crippen LogP contribution in [-0.2, 0) is 6.42 Å². The van der Waals surface area contributed by atoms with Crippen molar-refractivity contribution in [2.45, 2.75) is 44.2 Å². The van der Waals surface area contributed by atoms with E-state index in [1.165, 1.54) is 0 Å². The number of pyridine rings is 1. The van der Waals surface area contributed by atoms with Gasteiger partial charge in [-0.1, -0.05) is 43.2 Å². The van der Waals surface area contributed by atoms with E-state index in [9.17, 15) is 9.90 Å². The number of carbonyl (C=O) groups is 1. The number of amides is 1. The number of hydrogen-bond donors (Lipinski definition) is 2. The Morgan fingerprint density at radius 1 is 1.14 bits per heavy atom. The first-order valence-electron chi connectivity index (χ1n) is 10.1. The van der Waals surface area contributed by atoms with Gasteiger partial charge in [0.25, 0.3) is 5.91 Å². The Morgan fingerprint density at radius 3 is 2.66 bits per heavy atom. The smallest absolute Gasteiger partial charge is 0.270 e. The zero-order valence-electron chi connectivity index (χ0n) is 16.6. The van der Waals surface area contributed by atoms with E-state index in [1.54, 1.807) is 7.11 Å². The van der Waals surface area contributed by atoms with Crippen LogP contribution in [0.2, 0.25) is 0 Å². The molecule has 0 aliphatic heterocycles. The second-order valence-corrected chi connectivity index (χ2v) is 7.64.